The number of benzene rings is 2. The molecule has 0 unspecified atom stereocenters. The first-order valence-corrected chi connectivity index (χ1v) is 11.9. The molecule has 2 aromatic carbocycles. The van der Waals surface area contributed by atoms with Gasteiger partial charge in [0.25, 0.3) is 5.91 Å². The number of nitrogens with one attached hydrogen (secondary N) is 1. The van der Waals surface area contributed by atoms with Crippen LogP contribution in [0.2, 0.25) is 0 Å². The first-order valence-electron chi connectivity index (χ1n) is 11.1. The summed E-state index contributed by atoms with van der Waals surface area (Å²) in [7, 11) is 1.44. The number of amides is 1. The van der Waals surface area contributed by atoms with Crippen LogP contribution in [0.25, 0.3) is 6.08 Å². The smallest absolute Gasteiger partial charge is 0.349 e. The molecule has 0 atom stereocenters. The van der Waals surface area contributed by atoms with E-state index >= 15 is 0 Å². The minimum absolute atomic E-state index is 0.0215. The lowest BCUT2D eigenvalue weighted by Crippen LogP contribution is -2.25. The quantitative estimate of drug-likeness (QED) is 0.133. The monoisotopic (exact) mass is 528 g/mol. The number of methoxy groups -OCH3 is 1. The Morgan fingerprint density at radius 1 is 1.09 bits per heavy atom. The zero-order valence-electron chi connectivity index (χ0n) is 19.7. The molecule has 0 radical (unpaired) electrons. The second kappa shape index (κ2) is 14.1. The maximum atomic E-state index is 12.3. The average Bonchev–Trinajstić information content (AvgIpc) is 2.83. The van der Waals surface area contributed by atoms with Crippen LogP contribution in [0.15, 0.2) is 46.4 Å². The summed E-state index contributed by atoms with van der Waals surface area (Å²) in [5.41, 5.74) is 1.72. The molecule has 0 fully saturated rings. The molecule has 0 bridgehead atoms. The number of aryl methyl sites for hydroxylation is 1. The molecular formula is C26H29BrN2O5. The molecule has 8 heteroatoms. The third-order valence-corrected chi connectivity index (χ3v) is 5.40. The highest BCUT2D eigenvalue weighted by Gasteiger charge is 2.14. The van der Waals surface area contributed by atoms with E-state index in [0.29, 0.717) is 17.9 Å². The number of ether oxygens (including phenoxy) is 3. The van der Waals surface area contributed by atoms with Crippen LogP contribution < -0.4 is 19.5 Å². The molecule has 1 amide bonds. The van der Waals surface area contributed by atoms with Crippen molar-refractivity contribution in [2.24, 2.45) is 0 Å². The Morgan fingerprint density at radius 2 is 1.85 bits per heavy atom. The van der Waals surface area contributed by atoms with Gasteiger partial charge >= 0.3 is 5.97 Å². The summed E-state index contributed by atoms with van der Waals surface area (Å²) in [5.74, 6) is 0.00786. The van der Waals surface area contributed by atoms with Crippen molar-refractivity contribution in [3.63, 3.8) is 0 Å². The van der Waals surface area contributed by atoms with Gasteiger partial charge in [0.2, 0.25) is 0 Å². The minimum atomic E-state index is -0.598. The first kappa shape index (κ1) is 26.9. The van der Waals surface area contributed by atoms with Gasteiger partial charge in [-0.2, -0.15) is 5.26 Å². The van der Waals surface area contributed by atoms with Gasteiger partial charge in [-0.15, -0.1) is 0 Å². The Bertz CT molecular complexity index is 1080. The summed E-state index contributed by atoms with van der Waals surface area (Å²) < 4.78 is 17.1. The summed E-state index contributed by atoms with van der Waals surface area (Å²) >= 11 is 3.46. The van der Waals surface area contributed by atoms with Crippen molar-refractivity contribution in [3.8, 4) is 23.3 Å². The molecule has 7 nitrogen and oxygen atoms in total. The zero-order valence-corrected chi connectivity index (χ0v) is 21.2. The minimum Gasteiger partial charge on any atom is -0.493 e. The SMILES string of the molecule is CCCCNC(=O)/C(C#N)=C/c1ccc(OC(=O)COc2ccc(CCC)cc2Br)c(OC)c1. The highest BCUT2D eigenvalue weighted by atomic mass is 79.9. The van der Waals surface area contributed by atoms with E-state index in [9.17, 15) is 14.9 Å². The first-order chi connectivity index (χ1) is 16.4. The van der Waals surface area contributed by atoms with Crippen molar-refractivity contribution in [2.45, 2.75) is 39.5 Å². The summed E-state index contributed by atoms with van der Waals surface area (Å²) in [6.45, 7) is 4.35. The molecule has 1 N–H and O–H groups in total. The van der Waals surface area contributed by atoms with Gasteiger partial charge in [-0.3, -0.25) is 4.79 Å². The van der Waals surface area contributed by atoms with Crippen LogP contribution in [0, 0.1) is 11.3 Å². The Labute approximate surface area is 208 Å². The number of unbranched alkanes of at least 4 members (excludes halogenated alkanes) is 1. The van der Waals surface area contributed by atoms with Crippen molar-refractivity contribution in [2.75, 3.05) is 20.3 Å². The van der Waals surface area contributed by atoms with Crippen LogP contribution in [-0.2, 0) is 16.0 Å². The highest BCUT2D eigenvalue weighted by molar-refractivity contribution is 9.10. The number of hydrogen-bond donors (Lipinski definition) is 1. The fourth-order valence-electron chi connectivity index (χ4n) is 3.04. The summed E-state index contributed by atoms with van der Waals surface area (Å²) in [5, 5.41) is 12.0. The van der Waals surface area contributed by atoms with Crippen LogP contribution in [0.3, 0.4) is 0 Å². The molecule has 0 spiro atoms. The Balaban J connectivity index is 2.04. The highest BCUT2D eigenvalue weighted by Crippen LogP contribution is 2.30. The number of carbonyl (C=O) groups is 2. The van der Waals surface area contributed by atoms with Gasteiger partial charge in [-0.25, -0.2) is 4.79 Å². The van der Waals surface area contributed by atoms with E-state index in [0.717, 1.165) is 30.2 Å². The second-order valence-electron chi connectivity index (χ2n) is 7.47. The van der Waals surface area contributed by atoms with Gasteiger partial charge in [0.05, 0.1) is 11.6 Å². The van der Waals surface area contributed by atoms with Gasteiger partial charge in [-0.1, -0.05) is 38.8 Å². The molecule has 0 heterocycles. The molecule has 2 rings (SSSR count). The van der Waals surface area contributed by atoms with Gasteiger partial charge in [0.1, 0.15) is 17.4 Å². The Morgan fingerprint density at radius 3 is 2.50 bits per heavy atom. The van der Waals surface area contributed by atoms with Crippen LogP contribution >= 0.6 is 15.9 Å². The molecule has 0 saturated heterocycles. The molecule has 2 aromatic rings. The lowest BCUT2D eigenvalue weighted by Gasteiger charge is -2.12. The van der Waals surface area contributed by atoms with Crippen LogP contribution in [0.4, 0.5) is 0 Å². The van der Waals surface area contributed by atoms with Gasteiger partial charge < -0.3 is 19.5 Å². The normalized spacial score (nSPS) is 10.9. The summed E-state index contributed by atoms with van der Waals surface area (Å²) in [6, 6.07) is 12.4. The molecule has 0 aliphatic heterocycles. The van der Waals surface area contributed by atoms with Gasteiger partial charge in [-0.05, 0) is 70.2 Å². The average molecular weight is 529 g/mol. The molecule has 180 valence electrons. The van der Waals surface area contributed by atoms with Crippen molar-refractivity contribution < 1.29 is 23.8 Å². The lowest BCUT2D eigenvalue weighted by molar-refractivity contribution is -0.136. The fraction of sp³-hybridized carbons (Fsp3) is 0.346. The number of esters is 1. The van der Waals surface area contributed by atoms with E-state index in [4.69, 9.17) is 14.2 Å². The van der Waals surface area contributed by atoms with E-state index in [1.807, 2.05) is 31.2 Å². The number of nitriles is 1. The number of carbonyl (C=O) groups excluding carboxylic acids is 2. The van der Waals surface area contributed by atoms with Crippen LogP contribution in [-0.4, -0.2) is 32.1 Å². The zero-order chi connectivity index (χ0) is 24.9. The predicted molar refractivity (Wildman–Crippen MR) is 134 cm³/mol. The fourth-order valence-corrected chi connectivity index (χ4v) is 3.58. The van der Waals surface area contributed by atoms with Gasteiger partial charge in [0, 0.05) is 6.54 Å². The topological polar surface area (TPSA) is 97.7 Å². The maximum absolute atomic E-state index is 12.3. The van der Waals surface area contributed by atoms with Gasteiger partial charge in [0.15, 0.2) is 18.1 Å². The third-order valence-electron chi connectivity index (χ3n) is 4.78. The summed E-state index contributed by atoms with van der Waals surface area (Å²) in [4.78, 5) is 24.5. The molecule has 0 aromatic heterocycles. The number of hydrogen-bond acceptors (Lipinski definition) is 6. The van der Waals surface area contributed by atoms with Crippen molar-refractivity contribution in [3.05, 3.63) is 57.6 Å². The Kier molecular flexibility index (Phi) is 11.1. The van der Waals surface area contributed by atoms with E-state index < -0.39 is 11.9 Å². The molecular weight excluding hydrogens is 500 g/mol. The van der Waals surface area contributed by atoms with Crippen molar-refractivity contribution >= 4 is 33.9 Å². The third kappa shape index (κ3) is 8.23. The largest absolute Gasteiger partial charge is 0.493 e. The van der Waals surface area contributed by atoms with E-state index in [2.05, 4.69) is 28.2 Å². The van der Waals surface area contributed by atoms with Crippen molar-refractivity contribution in [1.29, 1.82) is 5.26 Å². The summed E-state index contributed by atoms with van der Waals surface area (Å²) in [6.07, 6.45) is 5.24. The number of halogens is 1. The lowest BCUT2D eigenvalue weighted by atomic mass is 10.1. The van der Waals surface area contributed by atoms with E-state index in [-0.39, 0.29) is 23.7 Å². The standard InChI is InChI=1S/C26H29BrN2O5/c1-4-6-12-29-26(31)20(16-28)13-19-9-11-23(24(15-19)32-3)34-25(30)17-33-22-10-8-18(7-5-2)14-21(22)27/h8-11,13-15H,4-7,12,17H2,1-3H3,(H,29,31)/b20-13+. The maximum Gasteiger partial charge on any atom is 0.349 e. The second-order valence-corrected chi connectivity index (χ2v) is 8.32. The van der Waals surface area contributed by atoms with Crippen LogP contribution in [0.1, 0.15) is 44.2 Å². The Hall–Kier alpha value is -3.31. The predicted octanol–water partition coefficient (Wildman–Crippen LogP) is 5.22. The van der Waals surface area contributed by atoms with Crippen LogP contribution in [0.5, 0.6) is 17.2 Å². The van der Waals surface area contributed by atoms with E-state index in [1.54, 1.807) is 18.2 Å². The molecule has 0 aliphatic carbocycles. The number of rotatable bonds is 12. The van der Waals surface area contributed by atoms with Crippen molar-refractivity contribution in [1.82, 2.24) is 5.32 Å². The molecule has 0 aliphatic rings. The molecule has 0 saturated carbocycles. The number of nitrogens with zero attached hydrogens (tertiary/aromatic N) is 1. The molecule has 34 heavy (non-hydrogen) atoms. The van der Waals surface area contributed by atoms with E-state index in [1.165, 1.54) is 18.7 Å².